The predicted octanol–water partition coefficient (Wildman–Crippen LogP) is 1.15. The summed E-state index contributed by atoms with van der Waals surface area (Å²) in [4.78, 5) is 4.39. The monoisotopic (exact) mass is 183 g/mol. The predicted molar refractivity (Wildman–Crippen MR) is 44.6 cm³/mol. The van der Waals surface area contributed by atoms with E-state index in [0.717, 1.165) is 0 Å². The SMILES string of the molecule is NOCc1ccc2c(c1F)CCO2. The molecule has 0 bridgehead atoms. The summed E-state index contributed by atoms with van der Waals surface area (Å²) in [6.45, 7) is 0.651. The van der Waals surface area contributed by atoms with Gasteiger partial charge in [-0.25, -0.2) is 10.3 Å². The second kappa shape index (κ2) is 3.32. The van der Waals surface area contributed by atoms with Crippen molar-refractivity contribution < 1.29 is 14.0 Å². The van der Waals surface area contributed by atoms with Gasteiger partial charge in [0.25, 0.3) is 0 Å². The molecule has 0 atom stereocenters. The summed E-state index contributed by atoms with van der Waals surface area (Å²) in [6.07, 6.45) is 0.625. The van der Waals surface area contributed by atoms with Crippen molar-refractivity contribution in [1.29, 1.82) is 0 Å². The molecular formula is C9H10FNO2. The Morgan fingerprint density at radius 1 is 1.54 bits per heavy atom. The highest BCUT2D eigenvalue weighted by molar-refractivity contribution is 5.41. The molecule has 2 rings (SSSR count). The van der Waals surface area contributed by atoms with Gasteiger partial charge in [0.1, 0.15) is 11.6 Å². The minimum Gasteiger partial charge on any atom is -0.493 e. The molecule has 0 amide bonds. The standard InChI is InChI=1S/C9H10FNO2/c10-9-6(5-13-11)1-2-8-7(9)3-4-12-8/h1-2H,3-5,11H2. The van der Waals surface area contributed by atoms with Crippen LogP contribution in [0.4, 0.5) is 4.39 Å². The first-order chi connectivity index (χ1) is 6.33. The van der Waals surface area contributed by atoms with E-state index in [1.807, 2.05) is 0 Å². The summed E-state index contributed by atoms with van der Waals surface area (Å²) in [5.74, 6) is 5.26. The van der Waals surface area contributed by atoms with E-state index in [1.54, 1.807) is 12.1 Å². The van der Waals surface area contributed by atoms with Gasteiger partial charge < -0.3 is 4.74 Å². The molecule has 4 heteroatoms. The van der Waals surface area contributed by atoms with Crippen LogP contribution in [0.3, 0.4) is 0 Å². The smallest absolute Gasteiger partial charge is 0.135 e. The van der Waals surface area contributed by atoms with Crippen LogP contribution in [0.1, 0.15) is 11.1 Å². The molecular weight excluding hydrogens is 173 g/mol. The number of hydrogen-bond acceptors (Lipinski definition) is 3. The third-order valence-corrected chi connectivity index (χ3v) is 2.13. The van der Waals surface area contributed by atoms with Crippen LogP contribution in [0, 0.1) is 5.82 Å². The molecule has 1 aromatic rings. The van der Waals surface area contributed by atoms with Crippen molar-refractivity contribution in [3.05, 3.63) is 29.1 Å². The molecule has 0 spiro atoms. The molecule has 3 nitrogen and oxygen atoms in total. The van der Waals surface area contributed by atoms with E-state index >= 15 is 0 Å². The van der Waals surface area contributed by atoms with Crippen molar-refractivity contribution in [2.45, 2.75) is 13.0 Å². The topological polar surface area (TPSA) is 44.5 Å². The molecule has 0 saturated carbocycles. The highest BCUT2D eigenvalue weighted by atomic mass is 19.1. The Labute approximate surface area is 75.2 Å². The van der Waals surface area contributed by atoms with Gasteiger partial charge in [0.2, 0.25) is 0 Å². The number of halogens is 1. The summed E-state index contributed by atoms with van der Waals surface area (Å²) in [5.41, 5.74) is 1.11. The molecule has 0 aliphatic carbocycles. The van der Waals surface area contributed by atoms with Gasteiger partial charge >= 0.3 is 0 Å². The zero-order chi connectivity index (χ0) is 9.26. The van der Waals surface area contributed by atoms with E-state index in [-0.39, 0.29) is 12.4 Å². The van der Waals surface area contributed by atoms with Crippen molar-refractivity contribution in [2.75, 3.05) is 6.61 Å². The van der Waals surface area contributed by atoms with Gasteiger partial charge in [-0.05, 0) is 6.07 Å². The molecule has 0 saturated heterocycles. The minimum absolute atomic E-state index is 0.0963. The average Bonchev–Trinajstić information content (AvgIpc) is 2.58. The van der Waals surface area contributed by atoms with Gasteiger partial charge in [-0.15, -0.1) is 0 Å². The maximum atomic E-state index is 13.5. The fraction of sp³-hybridized carbons (Fsp3) is 0.333. The molecule has 70 valence electrons. The Morgan fingerprint density at radius 3 is 3.15 bits per heavy atom. The highest BCUT2D eigenvalue weighted by Gasteiger charge is 2.18. The van der Waals surface area contributed by atoms with E-state index in [9.17, 15) is 4.39 Å². The molecule has 1 aliphatic rings. The lowest BCUT2D eigenvalue weighted by atomic mass is 10.1. The van der Waals surface area contributed by atoms with E-state index in [4.69, 9.17) is 10.6 Å². The lowest BCUT2D eigenvalue weighted by molar-refractivity contribution is 0.121. The Kier molecular flexibility index (Phi) is 2.16. The normalized spacial score (nSPS) is 14.0. The number of nitrogens with two attached hydrogens (primary N) is 1. The molecule has 0 radical (unpaired) electrons. The van der Waals surface area contributed by atoms with Crippen molar-refractivity contribution >= 4 is 0 Å². The van der Waals surface area contributed by atoms with Crippen molar-refractivity contribution in [1.82, 2.24) is 0 Å². The zero-order valence-corrected chi connectivity index (χ0v) is 7.05. The van der Waals surface area contributed by atoms with Crippen LogP contribution in [0.15, 0.2) is 12.1 Å². The Balaban J connectivity index is 2.40. The van der Waals surface area contributed by atoms with E-state index in [0.29, 0.717) is 29.9 Å². The van der Waals surface area contributed by atoms with Gasteiger partial charge in [-0.1, -0.05) is 6.07 Å². The molecule has 1 aromatic carbocycles. The van der Waals surface area contributed by atoms with Crippen LogP contribution < -0.4 is 10.6 Å². The molecule has 2 N–H and O–H groups in total. The molecule has 1 aliphatic heterocycles. The van der Waals surface area contributed by atoms with E-state index in [1.165, 1.54) is 0 Å². The second-order valence-electron chi connectivity index (χ2n) is 2.92. The lowest BCUT2D eigenvalue weighted by Gasteiger charge is -2.04. The third-order valence-electron chi connectivity index (χ3n) is 2.13. The quantitative estimate of drug-likeness (QED) is 0.699. The fourth-order valence-corrected chi connectivity index (χ4v) is 1.48. The van der Waals surface area contributed by atoms with Crippen LogP contribution in [0.5, 0.6) is 5.75 Å². The summed E-state index contributed by atoms with van der Waals surface area (Å²) >= 11 is 0. The van der Waals surface area contributed by atoms with Gasteiger partial charge in [-0.3, -0.25) is 4.84 Å². The lowest BCUT2D eigenvalue weighted by Crippen LogP contribution is -2.02. The van der Waals surface area contributed by atoms with Crippen LogP contribution in [-0.4, -0.2) is 6.61 Å². The largest absolute Gasteiger partial charge is 0.493 e. The highest BCUT2D eigenvalue weighted by Crippen LogP contribution is 2.29. The molecule has 13 heavy (non-hydrogen) atoms. The maximum Gasteiger partial charge on any atom is 0.135 e. The molecule has 0 aromatic heterocycles. The number of hydrogen-bond donors (Lipinski definition) is 1. The van der Waals surface area contributed by atoms with Gasteiger partial charge in [0.05, 0.1) is 13.2 Å². The van der Waals surface area contributed by atoms with Crippen LogP contribution in [0.25, 0.3) is 0 Å². The average molecular weight is 183 g/mol. The summed E-state index contributed by atoms with van der Waals surface area (Å²) in [5, 5.41) is 0. The van der Waals surface area contributed by atoms with Crippen LogP contribution >= 0.6 is 0 Å². The first-order valence-electron chi connectivity index (χ1n) is 4.07. The van der Waals surface area contributed by atoms with Crippen LogP contribution in [-0.2, 0) is 17.9 Å². The number of ether oxygens (including phenoxy) is 1. The van der Waals surface area contributed by atoms with Gasteiger partial charge in [0.15, 0.2) is 0 Å². The van der Waals surface area contributed by atoms with E-state index < -0.39 is 0 Å². The Hall–Kier alpha value is -1.13. The summed E-state index contributed by atoms with van der Waals surface area (Å²) in [6, 6.07) is 3.38. The first-order valence-corrected chi connectivity index (χ1v) is 4.07. The van der Waals surface area contributed by atoms with Gasteiger partial charge in [-0.2, -0.15) is 0 Å². The van der Waals surface area contributed by atoms with Crippen molar-refractivity contribution in [2.24, 2.45) is 5.90 Å². The van der Waals surface area contributed by atoms with Crippen molar-refractivity contribution in [3.8, 4) is 5.75 Å². The van der Waals surface area contributed by atoms with Gasteiger partial charge in [0, 0.05) is 17.5 Å². The Morgan fingerprint density at radius 2 is 2.38 bits per heavy atom. The fourth-order valence-electron chi connectivity index (χ4n) is 1.48. The summed E-state index contributed by atoms with van der Waals surface area (Å²) in [7, 11) is 0. The van der Waals surface area contributed by atoms with Crippen molar-refractivity contribution in [3.63, 3.8) is 0 Å². The number of benzene rings is 1. The molecule has 1 heterocycles. The first kappa shape index (κ1) is 8.47. The summed E-state index contributed by atoms with van der Waals surface area (Å²) < 4.78 is 18.7. The minimum atomic E-state index is -0.250. The second-order valence-corrected chi connectivity index (χ2v) is 2.92. The Bertz CT molecular complexity index is 328. The van der Waals surface area contributed by atoms with E-state index in [2.05, 4.69) is 4.84 Å². The number of fused-ring (bicyclic) bond motifs is 1. The molecule has 0 unspecified atom stereocenters. The zero-order valence-electron chi connectivity index (χ0n) is 7.05. The molecule has 0 fully saturated rings. The van der Waals surface area contributed by atoms with Crippen LogP contribution in [0.2, 0.25) is 0 Å². The number of rotatable bonds is 2. The third kappa shape index (κ3) is 1.38. The maximum absolute atomic E-state index is 13.5.